The maximum absolute atomic E-state index is 2.41. The van der Waals surface area contributed by atoms with Crippen molar-refractivity contribution < 1.29 is 0 Å². The van der Waals surface area contributed by atoms with Gasteiger partial charge in [-0.15, -0.1) is 0 Å². The van der Waals surface area contributed by atoms with E-state index < -0.39 is 0 Å². The molecule has 0 unspecified atom stereocenters. The summed E-state index contributed by atoms with van der Waals surface area (Å²) >= 11 is 0. The Labute approximate surface area is 470 Å². The smallest absolute Gasteiger partial charge is 0.0540 e. The molecule has 0 radical (unpaired) electrons. The Bertz CT molecular complexity index is 4100. The molecule has 0 atom stereocenters. The van der Waals surface area contributed by atoms with Gasteiger partial charge in [0.05, 0.1) is 11.4 Å². The topological polar surface area (TPSA) is 6.48 Å². The van der Waals surface area contributed by atoms with Crippen LogP contribution in [0.2, 0.25) is 0 Å². The second-order valence-electron chi connectivity index (χ2n) is 21.2. The molecule has 0 bridgehead atoms. The van der Waals surface area contributed by atoms with E-state index in [4.69, 9.17) is 0 Å². The van der Waals surface area contributed by atoms with E-state index in [0.29, 0.717) is 0 Å². The predicted octanol–water partition coefficient (Wildman–Crippen LogP) is 22.1. The van der Waals surface area contributed by atoms with Crippen LogP contribution in [0.5, 0.6) is 0 Å². The number of nitrogens with zero attached hydrogens (tertiary/aromatic N) is 2. The van der Waals surface area contributed by atoms with Crippen molar-refractivity contribution >= 4 is 102 Å². The van der Waals surface area contributed by atoms with E-state index >= 15 is 0 Å². The summed E-state index contributed by atoms with van der Waals surface area (Å²) in [5, 5.41) is 9.63. The van der Waals surface area contributed by atoms with Crippen molar-refractivity contribution in [2.75, 3.05) is 9.80 Å². The first-order chi connectivity index (χ1) is 39.3. The summed E-state index contributed by atoms with van der Waals surface area (Å²) in [5.41, 5.74) is 21.2. The fourth-order valence-electron chi connectivity index (χ4n) is 11.6. The Morgan fingerprint density at radius 3 is 0.725 bits per heavy atom. The van der Waals surface area contributed by atoms with Crippen LogP contribution in [0.25, 0.3) is 89.6 Å². The Hall–Kier alpha value is -10.0. The lowest BCUT2D eigenvalue weighted by atomic mass is 9.83. The Balaban J connectivity index is 0.938. The monoisotopic (exact) mass is 1020 g/mol. The number of aryl methyl sites for hydroxylation is 4. The van der Waals surface area contributed by atoms with E-state index in [1.807, 2.05) is 0 Å². The van der Waals surface area contributed by atoms with Crippen molar-refractivity contribution in [2.24, 2.45) is 0 Å². The number of anilines is 6. The van der Waals surface area contributed by atoms with E-state index in [-0.39, 0.29) is 0 Å². The largest absolute Gasteiger partial charge is 0.310 e. The highest BCUT2D eigenvalue weighted by atomic mass is 15.1. The predicted molar refractivity (Wildman–Crippen MR) is 346 cm³/mol. The summed E-state index contributed by atoms with van der Waals surface area (Å²) in [6.45, 7) is 8.55. The lowest BCUT2D eigenvalue weighted by Gasteiger charge is -2.28. The Morgan fingerprint density at radius 1 is 0.212 bits per heavy atom. The van der Waals surface area contributed by atoms with Gasteiger partial charge in [0.1, 0.15) is 0 Å². The molecule has 0 aliphatic heterocycles. The highest BCUT2D eigenvalue weighted by Crippen LogP contribution is 2.50. The van der Waals surface area contributed by atoms with Crippen LogP contribution in [0.4, 0.5) is 34.1 Å². The molecule has 0 saturated carbocycles. The average Bonchev–Trinajstić information content (AvgIpc) is 3.66. The van der Waals surface area contributed by atoms with Crippen LogP contribution < -0.4 is 9.80 Å². The zero-order valence-corrected chi connectivity index (χ0v) is 45.6. The average molecular weight is 1030 g/mol. The molecule has 2 nitrogen and oxygen atoms in total. The molecule has 0 spiro atoms. The van der Waals surface area contributed by atoms with Crippen molar-refractivity contribution in [2.45, 2.75) is 27.7 Å². The highest BCUT2D eigenvalue weighted by Gasteiger charge is 2.24. The number of hydrogen-bond acceptors (Lipinski definition) is 2. The normalized spacial score (nSPS) is 11.7. The molecular formula is C78H60N2. The fourth-order valence-corrected chi connectivity index (χ4v) is 11.6. The number of fused-ring (bicyclic) bond motifs is 4. The van der Waals surface area contributed by atoms with E-state index in [1.54, 1.807) is 0 Å². The van der Waals surface area contributed by atoms with Crippen LogP contribution in [0.1, 0.15) is 44.5 Å². The third-order valence-corrected chi connectivity index (χ3v) is 15.7. The van der Waals surface area contributed by atoms with Gasteiger partial charge in [-0.05, 0) is 165 Å². The molecule has 0 aliphatic carbocycles. The molecule has 13 rings (SSSR count). The lowest BCUT2D eigenvalue weighted by molar-refractivity contribution is 1.29. The van der Waals surface area contributed by atoms with Crippen LogP contribution in [0, 0.1) is 27.7 Å². The van der Waals surface area contributed by atoms with E-state index in [1.165, 1.54) is 98.7 Å². The zero-order valence-electron chi connectivity index (χ0n) is 45.6. The number of benzene rings is 13. The third kappa shape index (κ3) is 9.63. The molecule has 0 N–H and O–H groups in total. The van der Waals surface area contributed by atoms with Crippen LogP contribution in [0.15, 0.2) is 267 Å². The van der Waals surface area contributed by atoms with Crippen molar-refractivity contribution in [1.29, 1.82) is 0 Å². The Kier molecular flexibility index (Phi) is 13.3. The van der Waals surface area contributed by atoms with Gasteiger partial charge >= 0.3 is 0 Å². The van der Waals surface area contributed by atoms with Gasteiger partial charge in [-0.1, -0.05) is 253 Å². The molecule has 0 fully saturated rings. The molecule has 0 heterocycles. The van der Waals surface area contributed by atoms with Gasteiger partial charge in [0.2, 0.25) is 0 Å². The first-order valence-electron chi connectivity index (χ1n) is 27.7. The third-order valence-electron chi connectivity index (χ3n) is 15.7. The van der Waals surface area contributed by atoms with Gasteiger partial charge in [0, 0.05) is 33.5 Å². The highest BCUT2D eigenvalue weighted by molar-refractivity contribution is 6.26. The van der Waals surface area contributed by atoms with Crippen LogP contribution in [0.3, 0.4) is 0 Å². The van der Waals surface area contributed by atoms with Gasteiger partial charge in [-0.3, -0.25) is 0 Å². The van der Waals surface area contributed by atoms with Gasteiger partial charge < -0.3 is 9.80 Å². The van der Waals surface area contributed by atoms with Gasteiger partial charge in [-0.25, -0.2) is 0 Å². The van der Waals surface area contributed by atoms with E-state index in [0.717, 1.165) is 45.3 Å². The van der Waals surface area contributed by atoms with Gasteiger partial charge in [0.25, 0.3) is 0 Å². The first-order valence-corrected chi connectivity index (χ1v) is 27.7. The minimum absolute atomic E-state index is 1.10. The maximum Gasteiger partial charge on any atom is 0.0540 e. The van der Waals surface area contributed by atoms with Crippen molar-refractivity contribution in [3.63, 3.8) is 0 Å². The fraction of sp³-hybridized carbons (Fsp3) is 0.0513. The second kappa shape index (κ2) is 21.4. The number of rotatable bonds is 12. The van der Waals surface area contributed by atoms with Crippen molar-refractivity contribution in [1.82, 2.24) is 0 Å². The van der Waals surface area contributed by atoms with Crippen LogP contribution in [-0.2, 0) is 0 Å². The minimum Gasteiger partial charge on any atom is -0.310 e. The molecule has 0 aliphatic rings. The molecule has 0 amide bonds. The molecule has 382 valence electrons. The summed E-state index contributed by atoms with van der Waals surface area (Å²) < 4.78 is 0. The Morgan fingerprint density at radius 2 is 0.438 bits per heavy atom. The molecule has 0 aromatic heterocycles. The summed E-state index contributed by atoms with van der Waals surface area (Å²) in [4.78, 5) is 4.82. The van der Waals surface area contributed by atoms with E-state index in [2.05, 4.69) is 329 Å². The van der Waals surface area contributed by atoms with Gasteiger partial charge in [-0.2, -0.15) is 0 Å². The number of hydrogen-bond donors (Lipinski definition) is 0. The summed E-state index contributed by atoms with van der Waals surface area (Å²) in [7, 11) is 0. The zero-order chi connectivity index (χ0) is 54.1. The molecule has 13 aromatic rings. The molecule has 80 heavy (non-hydrogen) atoms. The minimum atomic E-state index is 1.10. The van der Waals surface area contributed by atoms with Crippen molar-refractivity contribution in [3.05, 3.63) is 311 Å². The maximum atomic E-state index is 2.41. The van der Waals surface area contributed by atoms with Gasteiger partial charge in [0.15, 0.2) is 0 Å². The SMILES string of the molecule is Cc1ccc(/C=C/c2ccc(N(c3ccc(C)cc3)c3ccc(-c4c5ccccc5c(-c5ccc(N(c6ccc(C)cc6)c6ccc(/C=C/c7ccc(C)cc7)cc6)c6ccccc56)c5ccccc45)c4ccccc34)cc2)cc1. The summed E-state index contributed by atoms with van der Waals surface area (Å²) in [6.07, 6.45) is 8.76. The van der Waals surface area contributed by atoms with E-state index in [9.17, 15) is 0 Å². The molecule has 13 aromatic carbocycles. The molecular weight excluding hydrogens is 965 g/mol. The standard InChI is InChI=1S/C78H60N2/c1-53-21-29-57(30-22-53)33-35-59-37-45-63(46-38-59)79(61-41-25-55(3)26-42-61)75-51-49-73(65-13-5-7-15-67(65)75)77-69-17-9-11-19-71(69)78(72-20-12-10-18-70(72)77)74-50-52-76(68-16-8-6-14-66(68)74)80(62-43-27-56(4)28-44-62)64-47-39-60(40-48-64)36-34-58-31-23-54(2)24-32-58/h5-52H,1-4H3/b35-33+,36-34+. The van der Waals surface area contributed by atoms with Crippen LogP contribution in [-0.4, -0.2) is 0 Å². The quantitative estimate of drug-likeness (QED) is 0.0889. The van der Waals surface area contributed by atoms with Crippen LogP contribution >= 0.6 is 0 Å². The second-order valence-corrected chi connectivity index (χ2v) is 21.2. The first kappa shape index (κ1) is 49.5. The van der Waals surface area contributed by atoms with Crippen molar-refractivity contribution in [3.8, 4) is 22.3 Å². The molecule has 2 heteroatoms. The molecule has 0 saturated heterocycles. The lowest BCUT2D eigenvalue weighted by Crippen LogP contribution is -2.10. The summed E-state index contributed by atoms with van der Waals surface area (Å²) in [5.74, 6) is 0. The summed E-state index contributed by atoms with van der Waals surface area (Å²) in [6, 6.07) is 98.4.